The summed E-state index contributed by atoms with van der Waals surface area (Å²) in [5.74, 6) is 6.55. The van der Waals surface area contributed by atoms with Gasteiger partial charge in [-0.15, -0.1) is 0 Å². The molecule has 2 heteroatoms. The zero-order valence-corrected chi connectivity index (χ0v) is 18.6. The molecule has 0 heterocycles. The molecule has 0 aromatic heterocycles. The van der Waals surface area contributed by atoms with Gasteiger partial charge in [0.1, 0.15) is 11.4 Å². The van der Waals surface area contributed by atoms with E-state index >= 15 is 0 Å². The van der Waals surface area contributed by atoms with Gasteiger partial charge in [-0.05, 0) is 29.7 Å². The number of fused-ring (bicyclic) bond motifs is 1. The molecule has 0 spiro atoms. The first-order chi connectivity index (χ1) is 15.4. The lowest BCUT2D eigenvalue weighted by Crippen LogP contribution is -2.50. The Balaban J connectivity index is 1.71. The van der Waals surface area contributed by atoms with Gasteiger partial charge in [0.2, 0.25) is 0 Å². The number of benzene rings is 3. The van der Waals surface area contributed by atoms with Crippen LogP contribution in [-0.4, -0.2) is 16.5 Å². The molecule has 0 saturated heterocycles. The van der Waals surface area contributed by atoms with Gasteiger partial charge in [0.25, 0.3) is 0 Å². The van der Waals surface area contributed by atoms with Crippen LogP contribution in [-0.2, 0) is 4.79 Å². The van der Waals surface area contributed by atoms with E-state index in [0.717, 1.165) is 16.7 Å². The first kappa shape index (κ1) is 20.7. The van der Waals surface area contributed by atoms with Crippen LogP contribution in [0.4, 0.5) is 0 Å². The van der Waals surface area contributed by atoms with E-state index in [0.29, 0.717) is 12.8 Å². The van der Waals surface area contributed by atoms with Crippen LogP contribution in [0.2, 0.25) is 0 Å². The van der Waals surface area contributed by atoms with Gasteiger partial charge in [0.15, 0.2) is 0 Å². The molecule has 0 aliphatic heterocycles. The zero-order valence-electron chi connectivity index (χ0n) is 18.6. The topological polar surface area (TPSA) is 37.3 Å². The maximum absolute atomic E-state index is 13.8. The van der Waals surface area contributed by atoms with Gasteiger partial charge in [-0.1, -0.05) is 105 Å². The van der Waals surface area contributed by atoms with Crippen molar-refractivity contribution in [3.8, 4) is 11.8 Å². The van der Waals surface area contributed by atoms with Crippen molar-refractivity contribution in [1.29, 1.82) is 0 Å². The first-order valence-corrected chi connectivity index (χ1v) is 11.3. The van der Waals surface area contributed by atoms with Gasteiger partial charge in [0.05, 0.1) is 0 Å². The minimum atomic E-state index is -1.30. The van der Waals surface area contributed by atoms with Crippen molar-refractivity contribution in [1.82, 2.24) is 0 Å². The van der Waals surface area contributed by atoms with Gasteiger partial charge in [-0.2, -0.15) is 0 Å². The van der Waals surface area contributed by atoms with Crippen molar-refractivity contribution in [3.05, 3.63) is 108 Å². The van der Waals surface area contributed by atoms with E-state index in [1.807, 2.05) is 66.7 Å². The van der Waals surface area contributed by atoms with Gasteiger partial charge < -0.3 is 5.11 Å². The summed E-state index contributed by atoms with van der Waals surface area (Å²) in [7, 11) is 0. The molecule has 0 unspecified atom stereocenters. The van der Waals surface area contributed by atoms with E-state index in [-0.39, 0.29) is 17.6 Å². The van der Waals surface area contributed by atoms with Gasteiger partial charge >= 0.3 is 0 Å². The maximum Gasteiger partial charge on any atom is 0.140 e. The molecule has 3 aromatic rings. The minimum absolute atomic E-state index is 0.0926. The highest BCUT2D eigenvalue weighted by molar-refractivity contribution is 5.92. The number of aliphatic hydroxyl groups is 1. The molecule has 5 rings (SSSR count). The third kappa shape index (κ3) is 2.81. The Morgan fingerprint density at radius 1 is 0.781 bits per heavy atom. The summed E-state index contributed by atoms with van der Waals surface area (Å²) >= 11 is 0. The Morgan fingerprint density at radius 3 is 1.84 bits per heavy atom. The molecule has 0 radical (unpaired) electrons. The van der Waals surface area contributed by atoms with Gasteiger partial charge in [-0.25, -0.2) is 0 Å². The molecule has 2 fully saturated rings. The maximum atomic E-state index is 13.8. The molecule has 2 nitrogen and oxygen atoms in total. The Morgan fingerprint density at radius 2 is 1.28 bits per heavy atom. The van der Waals surface area contributed by atoms with E-state index in [9.17, 15) is 9.90 Å². The molecule has 5 atom stereocenters. The van der Waals surface area contributed by atoms with Crippen LogP contribution in [0.1, 0.15) is 55.2 Å². The van der Waals surface area contributed by atoms with Crippen LogP contribution in [0.15, 0.2) is 91.0 Å². The Bertz CT molecular complexity index is 1150. The van der Waals surface area contributed by atoms with Crippen LogP contribution in [0, 0.1) is 22.7 Å². The summed E-state index contributed by atoms with van der Waals surface area (Å²) < 4.78 is 0. The Hall–Kier alpha value is -3.15. The van der Waals surface area contributed by atoms with Crippen molar-refractivity contribution in [2.45, 2.75) is 44.1 Å². The standard InChI is InChI=1S/C30H28O2/c1-28-26(24-16-10-5-11-17-24)21-30(32,19-18-22-12-6-3-7-13-22)29(28,2)25(20-27(28)31)23-14-8-4-9-15-23/h3-17,25-26,32H,20-21H2,1-2H3/t25-,26-,28+,29-,30+/m0/s1. The average Bonchev–Trinajstić information content (AvgIpc) is 3.16. The number of Topliss-reactive ketones (excluding diaryl/α,β-unsaturated/α-hetero) is 1. The quantitative estimate of drug-likeness (QED) is 0.538. The number of hydrogen-bond acceptors (Lipinski definition) is 2. The second kappa shape index (κ2) is 7.47. The molecule has 0 bridgehead atoms. The SMILES string of the molecule is C[C@]12[C@H](c3ccccc3)CC(=O)[C@@]1(C)[C@H](c1ccccc1)C[C@]2(O)C#Cc1ccccc1. The van der Waals surface area contributed by atoms with Crippen molar-refractivity contribution < 1.29 is 9.90 Å². The summed E-state index contributed by atoms with van der Waals surface area (Å²) in [6.45, 7) is 4.16. The van der Waals surface area contributed by atoms with Crippen molar-refractivity contribution in [3.63, 3.8) is 0 Å². The highest BCUT2D eigenvalue weighted by Crippen LogP contribution is 2.74. The second-order valence-corrected chi connectivity index (χ2v) is 9.64. The number of rotatable bonds is 2. The zero-order chi connectivity index (χ0) is 22.4. The predicted molar refractivity (Wildman–Crippen MR) is 127 cm³/mol. The van der Waals surface area contributed by atoms with E-state index in [1.165, 1.54) is 0 Å². The Kier molecular flexibility index (Phi) is 4.84. The second-order valence-electron chi connectivity index (χ2n) is 9.64. The van der Waals surface area contributed by atoms with Gasteiger partial charge in [-0.3, -0.25) is 4.79 Å². The number of ketones is 1. The molecular formula is C30H28O2. The van der Waals surface area contributed by atoms with Crippen LogP contribution < -0.4 is 0 Å². The van der Waals surface area contributed by atoms with Crippen LogP contribution in [0.5, 0.6) is 0 Å². The lowest BCUT2D eigenvalue weighted by molar-refractivity contribution is -0.131. The first-order valence-electron chi connectivity index (χ1n) is 11.3. The minimum Gasteiger partial charge on any atom is -0.377 e. The molecule has 0 amide bonds. The van der Waals surface area contributed by atoms with Crippen LogP contribution in [0.25, 0.3) is 0 Å². The van der Waals surface area contributed by atoms with Crippen molar-refractivity contribution in [2.24, 2.45) is 10.8 Å². The Labute approximate surface area is 190 Å². The fourth-order valence-electron chi connectivity index (χ4n) is 6.39. The summed E-state index contributed by atoms with van der Waals surface area (Å²) in [6.07, 6.45) is 0.870. The van der Waals surface area contributed by atoms with Crippen LogP contribution >= 0.6 is 0 Å². The molecule has 2 aliphatic rings. The summed E-state index contributed by atoms with van der Waals surface area (Å²) in [5.41, 5.74) is 0.330. The van der Waals surface area contributed by atoms with Gasteiger partial charge in [0, 0.05) is 34.7 Å². The fourth-order valence-corrected chi connectivity index (χ4v) is 6.39. The number of hydrogen-bond donors (Lipinski definition) is 1. The van der Waals surface area contributed by atoms with Crippen molar-refractivity contribution in [2.75, 3.05) is 0 Å². The average molecular weight is 421 g/mol. The highest BCUT2D eigenvalue weighted by Gasteiger charge is 2.75. The monoisotopic (exact) mass is 420 g/mol. The smallest absolute Gasteiger partial charge is 0.140 e. The number of carbonyl (C=O) groups excluding carboxylic acids is 1. The molecule has 2 aliphatic carbocycles. The highest BCUT2D eigenvalue weighted by atomic mass is 16.3. The third-order valence-corrected chi connectivity index (χ3v) is 8.39. The van der Waals surface area contributed by atoms with E-state index in [2.05, 4.69) is 50.0 Å². The van der Waals surface area contributed by atoms with E-state index in [1.54, 1.807) is 0 Å². The molecule has 2 saturated carbocycles. The largest absolute Gasteiger partial charge is 0.377 e. The van der Waals surface area contributed by atoms with Crippen LogP contribution in [0.3, 0.4) is 0 Å². The summed E-state index contributed by atoms with van der Waals surface area (Å²) in [6, 6.07) is 30.1. The normalized spacial score (nSPS) is 33.4. The number of carbonyl (C=O) groups is 1. The molecular weight excluding hydrogens is 392 g/mol. The van der Waals surface area contributed by atoms with Crippen molar-refractivity contribution >= 4 is 5.78 Å². The lowest BCUT2D eigenvalue weighted by atomic mass is 9.58. The molecule has 160 valence electrons. The molecule has 32 heavy (non-hydrogen) atoms. The molecule has 1 N–H and O–H groups in total. The van der Waals surface area contributed by atoms with E-state index < -0.39 is 16.4 Å². The lowest BCUT2D eigenvalue weighted by Gasteiger charge is -2.45. The fraction of sp³-hybridized carbons (Fsp3) is 0.300. The van der Waals surface area contributed by atoms with E-state index in [4.69, 9.17) is 0 Å². The summed E-state index contributed by atoms with van der Waals surface area (Å²) in [4.78, 5) is 13.8. The third-order valence-electron chi connectivity index (χ3n) is 8.39. The predicted octanol–water partition coefficient (Wildman–Crippen LogP) is 5.73. The summed E-state index contributed by atoms with van der Waals surface area (Å²) in [5, 5.41) is 12.3. The molecule has 3 aromatic carbocycles.